The lowest BCUT2D eigenvalue weighted by atomic mass is 10.0. The molecule has 0 amide bonds. The number of hydrogen-bond donors (Lipinski definition) is 0. The first-order valence-corrected chi connectivity index (χ1v) is 6.63. The average Bonchev–Trinajstić information content (AvgIpc) is 2.79. The first-order valence-electron chi connectivity index (χ1n) is 6.63. The quantitative estimate of drug-likeness (QED) is 0.633. The summed E-state index contributed by atoms with van der Waals surface area (Å²) in [5.41, 5.74) is 0.857. The summed E-state index contributed by atoms with van der Waals surface area (Å²) in [7, 11) is 0. The van der Waals surface area contributed by atoms with Gasteiger partial charge in [0.05, 0.1) is 12.8 Å². The Labute approximate surface area is 109 Å². The molecule has 0 radical (unpaired) electrons. The Morgan fingerprint density at radius 2 is 2.22 bits per heavy atom. The molecule has 0 spiro atoms. The highest BCUT2D eigenvalue weighted by molar-refractivity contribution is 5.80. The van der Waals surface area contributed by atoms with Gasteiger partial charge in [0.2, 0.25) is 0 Å². The van der Waals surface area contributed by atoms with Crippen LogP contribution in [0.5, 0.6) is 0 Å². The van der Waals surface area contributed by atoms with Crippen LogP contribution in [0.1, 0.15) is 45.7 Å². The van der Waals surface area contributed by atoms with E-state index >= 15 is 0 Å². The number of carbonyl (C=O) groups is 1. The molecule has 1 aromatic rings. The van der Waals surface area contributed by atoms with Gasteiger partial charge in [-0.25, -0.2) is 0 Å². The Hall–Kier alpha value is -1.23. The lowest BCUT2D eigenvalue weighted by Gasteiger charge is -2.03. The van der Waals surface area contributed by atoms with Gasteiger partial charge in [-0.3, -0.25) is 9.48 Å². The summed E-state index contributed by atoms with van der Waals surface area (Å²) in [4.78, 5) is 11.4. The molecule has 1 aromatic heterocycles. The fourth-order valence-electron chi connectivity index (χ4n) is 1.58. The number of unbranched alkanes of at least 4 members (excludes halogenated alkanes) is 1. The molecule has 0 saturated heterocycles. The number of Topliss-reactive ketones (excluding diaryl/α,β-unsaturated/α-hetero) is 1. The number of carbonyl (C=O) groups excluding carboxylic acids is 1. The molecule has 5 nitrogen and oxygen atoms in total. The predicted octanol–water partition coefficient (Wildman–Crippen LogP) is 2.21. The monoisotopic (exact) mass is 253 g/mol. The van der Waals surface area contributed by atoms with Gasteiger partial charge in [0.25, 0.3) is 0 Å². The van der Waals surface area contributed by atoms with E-state index in [1.54, 1.807) is 0 Å². The van der Waals surface area contributed by atoms with Crippen molar-refractivity contribution in [2.45, 2.75) is 53.2 Å². The summed E-state index contributed by atoms with van der Waals surface area (Å²) >= 11 is 0. The minimum atomic E-state index is 0.147. The highest BCUT2D eigenvalue weighted by atomic mass is 16.5. The molecule has 0 unspecified atom stereocenters. The van der Waals surface area contributed by atoms with E-state index in [9.17, 15) is 4.79 Å². The van der Waals surface area contributed by atoms with Crippen LogP contribution in [0.25, 0.3) is 0 Å². The fraction of sp³-hybridized carbons (Fsp3) is 0.769. The largest absolute Gasteiger partial charge is 0.375 e. The molecule has 0 aliphatic carbocycles. The lowest BCUT2D eigenvalue weighted by molar-refractivity contribution is -0.122. The molecule has 0 fully saturated rings. The molecule has 102 valence electrons. The SMILES string of the molecule is CCOCc1cn(CCCCC(=O)C(C)C)nn1. The molecule has 1 rings (SSSR count). The summed E-state index contributed by atoms with van der Waals surface area (Å²) in [6, 6.07) is 0. The van der Waals surface area contributed by atoms with Gasteiger partial charge in [-0.15, -0.1) is 5.10 Å². The van der Waals surface area contributed by atoms with Crippen LogP contribution >= 0.6 is 0 Å². The highest BCUT2D eigenvalue weighted by Gasteiger charge is 2.06. The minimum absolute atomic E-state index is 0.147. The third-order valence-electron chi connectivity index (χ3n) is 2.74. The second kappa shape index (κ2) is 7.97. The van der Waals surface area contributed by atoms with Crippen LogP contribution in [0.2, 0.25) is 0 Å². The van der Waals surface area contributed by atoms with Gasteiger partial charge >= 0.3 is 0 Å². The van der Waals surface area contributed by atoms with Gasteiger partial charge in [-0.1, -0.05) is 19.1 Å². The molecule has 0 aromatic carbocycles. The Kier molecular flexibility index (Phi) is 6.57. The maximum absolute atomic E-state index is 11.4. The summed E-state index contributed by atoms with van der Waals surface area (Å²) in [6.45, 7) is 7.85. The topological polar surface area (TPSA) is 57.0 Å². The van der Waals surface area contributed by atoms with Crippen LogP contribution in [-0.4, -0.2) is 27.4 Å². The van der Waals surface area contributed by atoms with Crippen molar-refractivity contribution in [3.8, 4) is 0 Å². The van der Waals surface area contributed by atoms with E-state index < -0.39 is 0 Å². The molecule has 1 heterocycles. The van der Waals surface area contributed by atoms with E-state index in [0.29, 0.717) is 25.4 Å². The number of ether oxygens (including phenoxy) is 1. The van der Waals surface area contributed by atoms with Gasteiger partial charge < -0.3 is 4.74 Å². The molecule has 0 atom stereocenters. The van der Waals surface area contributed by atoms with Gasteiger partial charge in [0, 0.05) is 25.5 Å². The normalized spacial score (nSPS) is 11.1. The highest BCUT2D eigenvalue weighted by Crippen LogP contribution is 2.05. The van der Waals surface area contributed by atoms with Gasteiger partial charge in [-0.05, 0) is 19.8 Å². The minimum Gasteiger partial charge on any atom is -0.375 e. The van der Waals surface area contributed by atoms with Crippen molar-refractivity contribution in [3.63, 3.8) is 0 Å². The number of nitrogens with zero attached hydrogens (tertiary/aromatic N) is 3. The first kappa shape index (κ1) is 14.8. The second-order valence-corrected chi connectivity index (χ2v) is 4.69. The Morgan fingerprint density at radius 3 is 2.89 bits per heavy atom. The van der Waals surface area contributed by atoms with Crippen LogP contribution in [0.15, 0.2) is 6.20 Å². The maximum Gasteiger partial charge on any atom is 0.135 e. The van der Waals surface area contributed by atoms with Crippen molar-refractivity contribution in [1.29, 1.82) is 0 Å². The van der Waals surface area contributed by atoms with E-state index in [2.05, 4.69) is 10.3 Å². The standard InChI is InChI=1S/C13H23N3O2/c1-4-18-10-12-9-16(15-14-12)8-6-5-7-13(17)11(2)3/h9,11H,4-8,10H2,1-3H3. The molecule has 0 aliphatic heterocycles. The third kappa shape index (κ3) is 5.40. The van der Waals surface area contributed by atoms with E-state index in [-0.39, 0.29) is 5.92 Å². The molecular formula is C13H23N3O2. The van der Waals surface area contributed by atoms with E-state index in [4.69, 9.17) is 4.74 Å². The van der Waals surface area contributed by atoms with Crippen molar-refractivity contribution < 1.29 is 9.53 Å². The zero-order valence-corrected chi connectivity index (χ0v) is 11.6. The average molecular weight is 253 g/mol. The number of hydrogen-bond acceptors (Lipinski definition) is 4. The summed E-state index contributed by atoms with van der Waals surface area (Å²) in [5, 5.41) is 8.04. The third-order valence-corrected chi connectivity index (χ3v) is 2.74. The van der Waals surface area contributed by atoms with Crippen LogP contribution in [0, 0.1) is 5.92 Å². The van der Waals surface area contributed by atoms with Crippen molar-refractivity contribution in [2.24, 2.45) is 5.92 Å². The summed E-state index contributed by atoms with van der Waals surface area (Å²) < 4.78 is 7.07. The van der Waals surface area contributed by atoms with E-state index in [0.717, 1.165) is 25.1 Å². The summed E-state index contributed by atoms with van der Waals surface area (Å²) in [6.07, 6.45) is 4.44. The smallest absolute Gasteiger partial charge is 0.135 e. The van der Waals surface area contributed by atoms with Crippen molar-refractivity contribution in [2.75, 3.05) is 6.61 Å². The van der Waals surface area contributed by atoms with Crippen LogP contribution in [-0.2, 0) is 22.7 Å². The fourth-order valence-corrected chi connectivity index (χ4v) is 1.58. The Balaban J connectivity index is 2.19. The van der Waals surface area contributed by atoms with Gasteiger partial charge in [0.15, 0.2) is 0 Å². The van der Waals surface area contributed by atoms with Gasteiger partial charge in [0.1, 0.15) is 11.5 Å². The molecule has 0 bridgehead atoms. The Morgan fingerprint density at radius 1 is 1.44 bits per heavy atom. The van der Waals surface area contributed by atoms with Crippen molar-refractivity contribution in [3.05, 3.63) is 11.9 Å². The maximum atomic E-state index is 11.4. The molecular weight excluding hydrogens is 230 g/mol. The van der Waals surface area contributed by atoms with Crippen molar-refractivity contribution >= 4 is 5.78 Å². The second-order valence-electron chi connectivity index (χ2n) is 4.69. The van der Waals surface area contributed by atoms with Crippen LogP contribution < -0.4 is 0 Å². The zero-order chi connectivity index (χ0) is 13.4. The summed E-state index contributed by atoms with van der Waals surface area (Å²) in [5.74, 6) is 0.486. The predicted molar refractivity (Wildman–Crippen MR) is 69.0 cm³/mol. The number of aromatic nitrogens is 3. The molecule has 0 saturated carbocycles. The Bertz CT molecular complexity index is 361. The number of rotatable bonds is 9. The van der Waals surface area contributed by atoms with Crippen molar-refractivity contribution in [1.82, 2.24) is 15.0 Å². The number of ketones is 1. The first-order chi connectivity index (χ1) is 8.63. The molecule has 5 heteroatoms. The zero-order valence-electron chi connectivity index (χ0n) is 11.6. The number of aryl methyl sites for hydroxylation is 1. The molecule has 18 heavy (non-hydrogen) atoms. The van der Waals surface area contributed by atoms with E-state index in [1.807, 2.05) is 31.6 Å². The lowest BCUT2D eigenvalue weighted by Crippen LogP contribution is -2.07. The van der Waals surface area contributed by atoms with Gasteiger partial charge in [-0.2, -0.15) is 0 Å². The van der Waals surface area contributed by atoms with Crippen LogP contribution in [0.3, 0.4) is 0 Å². The molecule has 0 aliphatic rings. The molecule has 0 N–H and O–H groups in total. The van der Waals surface area contributed by atoms with Crippen LogP contribution in [0.4, 0.5) is 0 Å². The van der Waals surface area contributed by atoms with E-state index in [1.165, 1.54) is 0 Å².